The molecule has 23 heavy (non-hydrogen) atoms. The molecule has 0 aliphatic carbocycles. The van der Waals surface area contributed by atoms with Crippen molar-refractivity contribution in [2.75, 3.05) is 0 Å². The highest BCUT2D eigenvalue weighted by atomic mass is 16.3. The van der Waals surface area contributed by atoms with E-state index in [1.165, 1.54) is 6.07 Å². The van der Waals surface area contributed by atoms with E-state index in [2.05, 4.69) is 9.97 Å². The van der Waals surface area contributed by atoms with Crippen LogP contribution in [0, 0.1) is 5.41 Å². The first-order chi connectivity index (χ1) is 10.9. The van der Waals surface area contributed by atoms with E-state index in [1.54, 1.807) is 16.8 Å². The van der Waals surface area contributed by atoms with Crippen LogP contribution >= 0.6 is 0 Å². The fourth-order valence-corrected chi connectivity index (χ4v) is 2.62. The zero-order valence-electron chi connectivity index (χ0n) is 13.6. The number of aliphatic hydroxyl groups is 1. The lowest BCUT2D eigenvalue weighted by Gasteiger charge is -2.26. The molecule has 0 saturated heterocycles. The van der Waals surface area contributed by atoms with Crippen molar-refractivity contribution in [3.63, 3.8) is 0 Å². The molecule has 0 radical (unpaired) electrons. The molecular weight excluding hydrogens is 290 g/mol. The van der Waals surface area contributed by atoms with Crippen molar-refractivity contribution in [2.24, 2.45) is 5.41 Å². The van der Waals surface area contributed by atoms with Crippen LogP contribution in [-0.2, 0) is 6.54 Å². The van der Waals surface area contributed by atoms with Gasteiger partial charge in [0, 0.05) is 17.8 Å². The van der Waals surface area contributed by atoms with E-state index in [9.17, 15) is 9.90 Å². The maximum Gasteiger partial charge on any atom is 0.250 e. The lowest BCUT2D eigenvalue weighted by Crippen LogP contribution is -2.19. The predicted octanol–water partition coefficient (Wildman–Crippen LogP) is 2.85. The molecule has 1 atom stereocenters. The molecule has 0 bridgehead atoms. The Balaban J connectivity index is 2.03. The second-order valence-electron chi connectivity index (χ2n) is 6.86. The van der Waals surface area contributed by atoms with Crippen molar-refractivity contribution in [1.29, 1.82) is 0 Å². The number of aliphatic hydroxyl groups excluding tert-OH is 1. The summed E-state index contributed by atoms with van der Waals surface area (Å²) in [5.41, 5.74) is 2.09. The third kappa shape index (κ3) is 3.05. The van der Waals surface area contributed by atoms with Crippen molar-refractivity contribution < 1.29 is 5.11 Å². The molecule has 0 aliphatic rings. The standard InChI is InChI=1S/C18H21N3O2/c1-18(2,3)17(23)12-7-6-8-13-16(12)20-14(19-13)11-21-10-5-4-9-15(21)22/h4-10,17,23H,11H2,1-3H3,(H,19,20). The smallest absolute Gasteiger partial charge is 0.250 e. The van der Waals surface area contributed by atoms with Gasteiger partial charge in [-0.3, -0.25) is 4.79 Å². The Bertz CT molecular complexity index is 887. The van der Waals surface area contributed by atoms with E-state index in [-0.39, 0.29) is 11.0 Å². The number of aromatic amines is 1. The zero-order valence-corrected chi connectivity index (χ0v) is 13.6. The number of nitrogens with one attached hydrogen (secondary N) is 1. The number of fused-ring (bicyclic) bond motifs is 1. The molecule has 0 spiro atoms. The Labute approximate surface area is 134 Å². The summed E-state index contributed by atoms with van der Waals surface area (Å²) in [6.07, 6.45) is 1.13. The molecular formula is C18H21N3O2. The van der Waals surface area contributed by atoms with Crippen molar-refractivity contribution in [3.8, 4) is 0 Å². The van der Waals surface area contributed by atoms with Crippen LogP contribution in [0.1, 0.15) is 38.3 Å². The highest BCUT2D eigenvalue weighted by molar-refractivity contribution is 5.79. The van der Waals surface area contributed by atoms with E-state index >= 15 is 0 Å². The maximum atomic E-state index is 11.8. The Morgan fingerprint density at radius 1 is 1.22 bits per heavy atom. The maximum absolute atomic E-state index is 11.8. The fourth-order valence-electron chi connectivity index (χ4n) is 2.62. The number of imidazole rings is 1. The molecule has 0 amide bonds. The normalized spacial score (nSPS) is 13.4. The van der Waals surface area contributed by atoms with Crippen LogP contribution in [0.25, 0.3) is 11.0 Å². The highest BCUT2D eigenvalue weighted by Gasteiger charge is 2.26. The van der Waals surface area contributed by atoms with Crippen LogP contribution < -0.4 is 5.56 Å². The topological polar surface area (TPSA) is 70.9 Å². The van der Waals surface area contributed by atoms with Crippen LogP contribution in [0.3, 0.4) is 0 Å². The summed E-state index contributed by atoms with van der Waals surface area (Å²) in [5, 5.41) is 10.6. The molecule has 1 unspecified atom stereocenters. The number of nitrogens with zero attached hydrogens (tertiary/aromatic N) is 2. The van der Waals surface area contributed by atoms with Gasteiger partial charge in [0.15, 0.2) is 0 Å². The lowest BCUT2D eigenvalue weighted by molar-refractivity contribution is 0.0638. The largest absolute Gasteiger partial charge is 0.388 e. The van der Waals surface area contributed by atoms with E-state index in [4.69, 9.17) is 0 Å². The lowest BCUT2D eigenvalue weighted by atomic mass is 9.84. The number of rotatable bonds is 3. The van der Waals surface area contributed by atoms with E-state index in [0.717, 1.165) is 16.6 Å². The van der Waals surface area contributed by atoms with E-state index < -0.39 is 6.10 Å². The van der Waals surface area contributed by atoms with Crippen LogP contribution in [0.15, 0.2) is 47.4 Å². The first-order valence-electron chi connectivity index (χ1n) is 7.67. The summed E-state index contributed by atoms with van der Waals surface area (Å²) in [5.74, 6) is 0.696. The monoisotopic (exact) mass is 311 g/mol. The second kappa shape index (κ2) is 5.66. The van der Waals surface area contributed by atoms with Crippen molar-refractivity contribution in [2.45, 2.75) is 33.4 Å². The van der Waals surface area contributed by atoms with Crippen LogP contribution in [0.4, 0.5) is 0 Å². The quantitative estimate of drug-likeness (QED) is 0.781. The van der Waals surface area contributed by atoms with E-state index in [0.29, 0.717) is 12.4 Å². The number of benzene rings is 1. The van der Waals surface area contributed by atoms with Gasteiger partial charge < -0.3 is 14.7 Å². The van der Waals surface area contributed by atoms with Gasteiger partial charge >= 0.3 is 0 Å². The second-order valence-corrected chi connectivity index (χ2v) is 6.86. The first-order valence-corrected chi connectivity index (χ1v) is 7.67. The van der Waals surface area contributed by atoms with Gasteiger partial charge in [-0.1, -0.05) is 39.0 Å². The number of hydrogen-bond acceptors (Lipinski definition) is 3. The van der Waals surface area contributed by atoms with Crippen LogP contribution in [-0.4, -0.2) is 19.6 Å². The Morgan fingerprint density at radius 3 is 2.70 bits per heavy atom. The predicted molar refractivity (Wildman–Crippen MR) is 90.3 cm³/mol. The third-order valence-corrected chi connectivity index (χ3v) is 3.93. The van der Waals surface area contributed by atoms with Gasteiger partial charge in [-0.15, -0.1) is 0 Å². The van der Waals surface area contributed by atoms with Gasteiger partial charge in [0.05, 0.1) is 23.7 Å². The summed E-state index contributed by atoms with van der Waals surface area (Å²) < 4.78 is 1.59. The number of aromatic nitrogens is 3. The number of pyridine rings is 1. The molecule has 120 valence electrons. The Morgan fingerprint density at radius 2 is 2.00 bits per heavy atom. The van der Waals surface area contributed by atoms with Gasteiger partial charge in [-0.2, -0.15) is 0 Å². The molecule has 0 fully saturated rings. The average molecular weight is 311 g/mol. The Hall–Kier alpha value is -2.40. The van der Waals surface area contributed by atoms with Gasteiger partial charge in [-0.25, -0.2) is 4.98 Å². The number of H-pyrrole nitrogens is 1. The summed E-state index contributed by atoms with van der Waals surface area (Å²) in [6.45, 7) is 6.36. The summed E-state index contributed by atoms with van der Waals surface area (Å²) in [6, 6.07) is 10.8. The zero-order chi connectivity index (χ0) is 16.6. The third-order valence-electron chi connectivity index (χ3n) is 3.93. The minimum atomic E-state index is -0.609. The minimum Gasteiger partial charge on any atom is -0.388 e. The molecule has 0 saturated carbocycles. The van der Waals surface area contributed by atoms with Gasteiger partial charge in [0.1, 0.15) is 5.82 Å². The van der Waals surface area contributed by atoms with Crippen molar-refractivity contribution in [3.05, 3.63) is 64.3 Å². The summed E-state index contributed by atoms with van der Waals surface area (Å²) >= 11 is 0. The van der Waals surface area contributed by atoms with Gasteiger partial charge in [0.25, 0.3) is 5.56 Å². The molecule has 3 rings (SSSR count). The molecule has 5 nitrogen and oxygen atoms in total. The van der Waals surface area contributed by atoms with Crippen molar-refractivity contribution >= 4 is 11.0 Å². The fraction of sp³-hybridized carbons (Fsp3) is 0.333. The SMILES string of the molecule is CC(C)(C)C(O)c1cccc2[nH]c(Cn3ccccc3=O)nc12. The molecule has 2 N–H and O–H groups in total. The highest BCUT2D eigenvalue weighted by Crippen LogP contribution is 2.35. The molecule has 5 heteroatoms. The van der Waals surface area contributed by atoms with Gasteiger partial charge in [-0.05, 0) is 17.5 Å². The summed E-state index contributed by atoms with van der Waals surface area (Å²) in [4.78, 5) is 19.7. The Kier molecular flexibility index (Phi) is 3.82. The average Bonchev–Trinajstić information content (AvgIpc) is 2.90. The van der Waals surface area contributed by atoms with Gasteiger partial charge in [0.2, 0.25) is 0 Å². The van der Waals surface area contributed by atoms with Crippen LogP contribution in [0.5, 0.6) is 0 Å². The molecule has 0 aliphatic heterocycles. The number of hydrogen-bond donors (Lipinski definition) is 2. The first kappa shape index (κ1) is 15.5. The molecule has 3 aromatic rings. The van der Waals surface area contributed by atoms with E-state index in [1.807, 2.05) is 45.0 Å². The van der Waals surface area contributed by atoms with Crippen LogP contribution in [0.2, 0.25) is 0 Å². The van der Waals surface area contributed by atoms with Crippen molar-refractivity contribution in [1.82, 2.24) is 14.5 Å². The summed E-state index contributed by atoms with van der Waals surface area (Å²) in [7, 11) is 0. The number of para-hydroxylation sites is 1. The minimum absolute atomic E-state index is 0.0668. The molecule has 1 aromatic carbocycles. The molecule has 2 heterocycles. The molecule has 2 aromatic heterocycles.